The normalized spacial score (nSPS) is 12.9. The molecule has 0 rings (SSSR count). The highest BCUT2D eigenvalue weighted by Crippen LogP contribution is 2.43. The Morgan fingerprint density at radius 3 is 1.48 bits per heavy atom. The number of phosphoric ester groups is 1. The smallest absolute Gasteiger partial charge is 0.462 e. The Hall–Kier alpha value is -1.47. The molecular weight excluding hydrogens is 375 g/mol. The van der Waals surface area contributed by atoms with Crippen molar-refractivity contribution in [1.29, 1.82) is 0 Å². The fraction of sp³-hybridized carbons (Fsp3) is 0.667. The van der Waals surface area contributed by atoms with Crippen LogP contribution < -0.4 is 0 Å². The molecule has 0 spiro atoms. The highest BCUT2D eigenvalue weighted by atomic mass is 31.2. The van der Waals surface area contributed by atoms with Crippen LogP contribution in [0.3, 0.4) is 0 Å². The highest BCUT2D eigenvalue weighted by molar-refractivity contribution is 7.47. The first-order valence-corrected chi connectivity index (χ1v) is 10.4. The lowest BCUT2D eigenvalue weighted by molar-refractivity contribution is -0.139. The van der Waals surface area contributed by atoms with Crippen LogP contribution in [-0.4, -0.2) is 43.3 Å². The Balaban J connectivity index is 3.56. The number of hydrogen-bond donors (Lipinski definition) is 1. The lowest BCUT2D eigenvalue weighted by atomic mass is 10.2. The molecule has 0 heterocycles. The molecule has 0 aliphatic carbocycles. The topological polar surface area (TPSA) is 108 Å². The van der Waals surface area contributed by atoms with Crippen molar-refractivity contribution in [3.05, 3.63) is 24.3 Å². The van der Waals surface area contributed by atoms with E-state index in [9.17, 15) is 19.0 Å². The molecular formula is C18H31O8P. The summed E-state index contributed by atoms with van der Waals surface area (Å²) in [5, 5.41) is 0. The van der Waals surface area contributed by atoms with Gasteiger partial charge in [0, 0.05) is 11.1 Å². The molecule has 0 fully saturated rings. The highest BCUT2D eigenvalue weighted by Gasteiger charge is 2.20. The predicted molar refractivity (Wildman–Crippen MR) is 101 cm³/mol. The molecule has 0 aliphatic rings. The molecule has 0 aromatic carbocycles. The molecule has 0 saturated heterocycles. The Labute approximate surface area is 161 Å². The first-order chi connectivity index (χ1) is 12.7. The largest absolute Gasteiger partial charge is 0.472 e. The SMILES string of the molecule is C=C(C)C(=O)OCCCCCCOP(=O)(O)OCCCCOC(=O)C(=C)C. The molecule has 0 radical (unpaired) electrons. The van der Waals surface area contributed by atoms with Crippen LogP contribution in [0.2, 0.25) is 0 Å². The van der Waals surface area contributed by atoms with E-state index in [4.69, 9.17) is 18.5 Å². The molecule has 0 amide bonds. The van der Waals surface area contributed by atoms with Gasteiger partial charge in [0.2, 0.25) is 0 Å². The number of ether oxygens (including phenoxy) is 2. The number of phosphoric acid groups is 1. The second kappa shape index (κ2) is 14.6. The third-order valence-corrected chi connectivity index (χ3v) is 4.27. The van der Waals surface area contributed by atoms with Gasteiger partial charge < -0.3 is 14.4 Å². The van der Waals surface area contributed by atoms with Crippen LogP contribution in [0.25, 0.3) is 0 Å². The molecule has 0 aliphatic heterocycles. The molecule has 1 atom stereocenters. The van der Waals surface area contributed by atoms with Gasteiger partial charge in [-0.1, -0.05) is 19.6 Å². The number of unbranched alkanes of at least 4 members (excludes halogenated alkanes) is 4. The Kier molecular flexibility index (Phi) is 13.8. The third kappa shape index (κ3) is 15.3. The summed E-state index contributed by atoms with van der Waals surface area (Å²) >= 11 is 0. The summed E-state index contributed by atoms with van der Waals surface area (Å²) in [6.07, 6.45) is 3.86. The maximum Gasteiger partial charge on any atom is 0.472 e. The second-order valence-electron chi connectivity index (χ2n) is 6.09. The number of carbonyl (C=O) groups excluding carboxylic acids is 2. The first kappa shape index (κ1) is 25.5. The van der Waals surface area contributed by atoms with Crippen LogP contribution in [0.4, 0.5) is 0 Å². The van der Waals surface area contributed by atoms with E-state index in [0.717, 1.165) is 12.8 Å². The maximum absolute atomic E-state index is 11.7. The molecule has 0 bridgehead atoms. The third-order valence-electron chi connectivity index (χ3n) is 3.25. The fourth-order valence-corrected chi connectivity index (χ4v) is 2.53. The van der Waals surface area contributed by atoms with Crippen LogP contribution in [0.5, 0.6) is 0 Å². The average molecular weight is 406 g/mol. The summed E-state index contributed by atoms with van der Waals surface area (Å²) in [7, 11) is -4.06. The minimum Gasteiger partial charge on any atom is -0.462 e. The Morgan fingerprint density at radius 2 is 1.07 bits per heavy atom. The number of carbonyl (C=O) groups is 2. The average Bonchev–Trinajstić information content (AvgIpc) is 2.59. The zero-order chi connectivity index (χ0) is 20.7. The van der Waals surface area contributed by atoms with E-state index >= 15 is 0 Å². The summed E-state index contributed by atoms with van der Waals surface area (Å²) in [5.41, 5.74) is 0.697. The van der Waals surface area contributed by atoms with E-state index in [2.05, 4.69) is 13.2 Å². The summed E-state index contributed by atoms with van der Waals surface area (Å²) in [5.74, 6) is -0.855. The molecule has 27 heavy (non-hydrogen) atoms. The van der Waals surface area contributed by atoms with Gasteiger partial charge in [0.15, 0.2) is 0 Å². The number of esters is 2. The van der Waals surface area contributed by atoms with Gasteiger partial charge in [0.1, 0.15) is 0 Å². The van der Waals surface area contributed by atoms with Gasteiger partial charge in [0.25, 0.3) is 0 Å². The van der Waals surface area contributed by atoms with Crippen molar-refractivity contribution in [3.63, 3.8) is 0 Å². The van der Waals surface area contributed by atoms with Crippen LogP contribution in [0.15, 0.2) is 24.3 Å². The van der Waals surface area contributed by atoms with Gasteiger partial charge in [-0.3, -0.25) is 9.05 Å². The molecule has 1 N–H and O–H groups in total. The molecule has 8 nitrogen and oxygen atoms in total. The van der Waals surface area contributed by atoms with E-state index in [0.29, 0.717) is 43.4 Å². The van der Waals surface area contributed by atoms with Gasteiger partial charge >= 0.3 is 19.8 Å². The molecule has 156 valence electrons. The van der Waals surface area contributed by atoms with Gasteiger partial charge in [-0.15, -0.1) is 0 Å². The lowest BCUT2D eigenvalue weighted by Gasteiger charge is -2.12. The minimum absolute atomic E-state index is 0.0342. The minimum atomic E-state index is -4.06. The number of hydrogen-bond acceptors (Lipinski definition) is 7. The molecule has 0 aromatic heterocycles. The van der Waals surface area contributed by atoms with Crippen LogP contribution in [0, 0.1) is 0 Å². The van der Waals surface area contributed by atoms with Gasteiger partial charge in [-0.05, 0) is 46.0 Å². The zero-order valence-corrected chi connectivity index (χ0v) is 17.1. The van der Waals surface area contributed by atoms with E-state index in [1.165, 1.54) is 0 Å². The van der Waals surface area contributed by atoms with Gasteiger partial charge in [-0.25, -0.2) is 14.2 Å². The van der Waals surface area contributed by atoms with Crippen LogP contribution >= 0.6 is 7.82 Å². The van der Waals surface area contributed by atoms with E-state index in [-0.39, 0.29) is 19.8 Å². The van der Waals surface area contributed by atoms with E-state index < -0.39 is 19.8 Å². The maximum atomic E-state index is 11.7. The fourth-order valence-electron chi connectivity index (χ4n) is 1.74. The van der Waals surface area contributed by atoms with Crippen molar-refractivity contribution >= 4 is 19.8 Å². The van der Waals surface area contributed by atoms with Crippen molar-refractivity contribution < 1.29 is 37.6 Å². The van der Waals surface area contributed by atoms with Crippen molar-refractivity contribution in [2.24, 2.45) is 0 Å². The Bertz CT molecular complexity index is 543. The number of rotatable bonds is 16. The quantitative estimate of drug-likeness (QED) is 0.179. The van der Waals surface area contributed by atoms with E-state index in [1.54, 1.807) is 13.8 Å². The first-order valence-electron chi connectivity index (χ1n) is 8.93. The summed E-state index contributed by atoms with van der Waals surface area (Å²) in [6, 6.07) is 0. The van der Waals surface area contributed by atoms with Crippen molar-refractivity contribution in [3.8, 4) is 0 Å². The summed E-state index contributed by atoms with van der Waals surface area (Å²) in [6.45, 7) is 10.8. The molecule has 0 aromatic rings. The predicted octanol–water partition coefficient (Wildman–Crippen LogP) is 3.70. The van der Waals surface area contributed by atoms with Crippen LogP contribution in [0.1, 0.15) is 52.4 Å². The van der Waals surface area contributed by atoms with Gasteiger partial charge in [-0.2, -0.15) is 0 Å². The summed E-state index contributed by atoms with van der Waals surface area (Å²) < 4.78 is 31.2. The zero-order valence-electron chi connectivity index (χ0n) is 16.2. The Morgan fingerprint density at radius 1 is 0.741 bits per heavy atom. The standard InChI is InChI=1S/C18H31O8P/c1-15(2)17(19)23-11-7-5-6-8-13-25-27(21,22)26-14-10-9-12-24-18(20)16(3)4/h1,3,5-14H2,2,4H3,(H,21,22). The van der Waals surface area contributed by atoms with Crippen LogP contribution in [-0.2, 0) is 32.7 Å². The summed E-state index contributed by atoms with van der Waals surface area (Å²) in [4.78, 5) is 31.8. The van der Waals surface area contributed by atoms with E-state index in [1.807, 2.05) is 0 Å². The van der Waals surface area contributed by atoms with Crippen molar-refractivity contribution in [2.45, 2.75) is 52.4 Å². The molecule has 9 heteroatoms. The van der Waals surface area contributed by atoms with Gasteiger partial charge in [0.05, 0.1) is 26.4 Å². The molecule has 1 unspecified atom stereocenters. The second-order valence-corrected chi connectivity index (χ2v) is 7.54. The van der Waals surface area contributed by atoms with Crippen molar-refractivity contribution in [2.75, 3.05) is 26.4 Å². The van der Waals surface area contributed by atoms with Crippen molar-refractivity contribution in [1.82, 2.24) is 0 Å². The monoisotopic (exact) mass is 406 g/mol. The molecule has 0 saturated carbocycles. The lowest BCUT2D eigenvalue weighted by Crippen LogP contribution is -2.07.